The Labute approximate surface area is 105 Å². The van der Waals surface area contributed by atoms with E-state index in [4.69, 9.17) is 0 Å². The summed E-state index contributed by atoms with van der Waals surface area (Å²) in [6, 6.07) is 2.39. The summed E-state index contributed by atoms with van der Waals surface area (Å²) in [6.45, 7) is 3.90. The van der Waals surface area contributed by atoms with E-state index in [1.165, 1.54) is 26.3 Å². The molecule has 0 aliphatic heterocycles. The lowest BCUT2D eigenvalue weighted by molar-refractivity contribution is -0.0762. The summed E-state index contributed by atoms with van der Waals surface area (Å²) in [5.41, 5.74) is -0.0523. The molecule has 5 heteroatoms. The normalized spacial score (nSPS) is 10.8. The number of rotatable bonds is 4. The van der Waals surface area contributed by atoms with Crippen molar-refractivity contribution in [1.82, 2.24) is 5.06 Å². The van der Waals surface area contributed by atoms with Crippen molar-refractivity contribution in [3.8, 4) is 0 Å². The maximum Gasteiger partial charge on any atom is 0.283 e. The van der Waals surface area contributed by atoms with Gasteiger partial charge < -0.3 is 0 Å². The molecule has 100 valence electrons. The maximum atomic E-state index is 13.8. The molecule has 0 aromatic heterocycles. The lowest BCUT2D eigenvalue weighted by atomic mass is 10.0. The first kappa shape index (κ1) is 14.6. The second-order valence-electron chi connectivity index (χ2n) is 4.52. The highest BCUT2D eigenvalue weighted by Crippen LogP contribution is 2.19. The van der Waals surface area contributed by atoms with Gasteiger partial charge in [0.15, 0.2) is 0 Å². The van der Waals surface area contributed by atoms with Crippen molar-refractivity contribution in [2.45, 2.75) is 20.3 Å². The SMILES string of the molecule is CON(C)C(=O)c1c(F)cc(CC(C)C)cc1F. The average molecular weight is 257 g/mol. The van der Waals surface area contributed by atoms with Crippen LogP contribution in [0, 0.1) is 17.6 Å². The molecule has 0 unspecified atom stereocenters. The fourth-order valence-corrected chi connectivity index (χ4v) is 1.66. The molecule has 0 atom stereocenters. The lowest BCUT2D eigenvalue weighted by Crippen LogP contribution is -2.27. The van der Waals surface area contributed by atoms with Crippen LogP contribution in [0.3, 0.4) is 0 Å². The molecule has 1 aromatic rings. The van der Waals surface area contributed by atoms with E-state index in [-0.39, 0.29) is 5.92 Å². The third-order valence-corrected chi connectivity index (χ3v) is 2.52. The van der Waals surface area contributed by atoms with Gasteiger partial charge in [-0.05, 0) is 30.0 Å². The zero-order valence-electron chi connectivity index (χ0n) is 11.0. The Bertz CT molecular complexity index is 424. The van der Waals surface area contributed by atoms with Gasteiger partial charge in [0.1, 0.15) is 17.2 Å². The molecule has 0 saturated heterocycles. The van der Waals surface area contributed by atoms with E-state index in [0.717, 1.165) is 5.06 Å². The molecular formula is C13H17F2NO2. The van der Waals surface area contributed by atoms with E-state index in [1.54, 1.807) is 0 Å². The molecule has 0 N–H and O–H groups in total. The molecule has 0 heterocycles. The van der Waals surface area contributed by atoms with Gasteiger partial charge >= 0.3 is 0 Å². The molecule has 0 bridgehead atoms. The van der Waals surface area contributed by atoms with E-state index < -0.39 is 23.1 Å². The molecule has 3 nitrogen and oxygen atoms in total. The minimum Gasteiger partial charge on any atom is -0.274 e. The minimum absolute atomic E-state index is 0.284. The van der Waals surface area contributed by atoms with Crippen molar-refractivity contribution < 1.29 is 18.4 Å². The van der Waals surface area contributed by atoms with Gasteiger partial charge in [-0.3, -0.25) is 9.63 Å². The zero-order valence-corrected chi connectivity index (χ0v) is 11.0. The number of hydrogen-bond donors (Lipinski definition) is 0. The Balaban J connectivity index is 3.12. The van der Waals surface area contributed by atoms with Gasteiger partial charge in [0, 0.05) is 7.05 Å². The van der Waals surface area contributed by atoms with Crippen LogP contribution in [0.5, 0.6) is 0 Å². The minimum atomic E-state index is -0.862. The first-order chi connectivity index (χ1) is 8.36. The second-order valence-corrected chi connectivity index (χ2v) is 4.52. The number of carbonyl (C=O) groups is 1. The molecule has 1 amide bonds. The Kier molecular flexibility index (Phi) is 4.78. The van der Waals surface area contributed by atoms with Gasteiger partial charge in [0.25, 0.3) is 5.91 Å². The van der Waals surface area contributed by atoms with Crippen molar-refractivity contribution in [1.29, 1.82) is 0 Å². The quantitative estimate of drug-likeness (QED) is 0.776. The number of halogens is 2. The van der Waals surface area contributed by atoms with Crippen LogP contribution < -0.4 is 0 Å². The summed E-state index contributed by atoms with van der Waals surface area (Å²) in [7, 11) is 2.55. The zero-order chi connectivity index (χ0) is 13.9. The number of benzene rings is 1. The average Bonchev–Trinajstić information content (AvgIpc) is 2.25. The molecule has 0 fully saturated rings. The third-order valence-electron chi connectivity index (χ3n) is 2.52. The van der Waals surface area contributed by atoms with Crippen LogP contribution in [-0.2, 0) is 11.3 Å². The topological polar surface area (TPSA) is 29.5 Å². The van der Waals surface area contributed by atoms with Gasteiger partial charge in [0.05, 0.1) is 7.11 Å². The highest BCUT2D eigenvalue weighted by Gasteiger charge is 2.22. The fourth-order valence-electron chi connectivity index (χ4n) is 1.66. The molecule has 1 aromatic carbocycles. The largest absolute Gasteiger partial charge is 0.283 e. The smallest absolute Gasteiger partial charge is 0.274 e. The van der Waals surface area contributed by atoms with Crippen LogP contribution in [-0.4, -0.2) is 25.1 Å². The van der Waals surface area contributed by atoms with Gasteiger partial charge in [-0.15, -0.1) is 0 Å². The van der Waals surface area contributed by atoms with Crippen LogP contribution >= 0.6 is 0 Å². The van der Waals surface area contributed by atoms with Crippen molar-refractivity contribution in [3.05, 3.63) is 34.9 Å². The fraction of sp³-hybridized carbons (Fsp3) is 0.462. The number of amides is 1. The highest BCUT2D eigenvalue weighted by atomic mass is 19.1. The lowest BCUT2D eigenvalue weighted by Gasteiger charge is -2.15. The number of carbonyl (C=O) groups excluding carboxylic acids is 1. The monoisotopic (exact) mass is 257 g/mol. The summed E-state index contributed by atoms with van der Waals surface area (Å²) in [5, 5.41) is 0.781. The second kappa shape index (κ2) is 5.91. The number of nitrogens with zero attached hydrogens (tertiary/aromatic N) is 1. The molecular weight excluding hydrogens is 240 g/mol. The van der Waals surface area contributed by atoms with Crippen LogP contribution in [0.15, 0.2) is 12.1 Å². The third kappa shape index (κ3) is 3.26. The summed E-state index contributed by atoms with van der Waals surface area (Å²) in [5.74, 6) is -2.28. The van der Waals surface area contributed by atoms with Gasteiger partial charge in [-0.2, -0.15) is 0 Å². The molecule has 0 saturated carbocycles. The Morgan fingerprint density at radius 1 is 1.33 bits per heavy atom. The van der Waals surface area contributed by atoms with Crippen molar-refractivity contribution in [2.24, 2.45) is 5.92 Å². The van der Waals surface area contributed by atoms with E-state index in [9.17, 15) is 13.6 Å². The van der Waals surface area contributed by atoms with E-state index in [2.05, 4.69) is 4.84 Å². The molecule has 18 heavy (non-hydrogen) atoms. The van der Waals surface area contributed by atoms with Crippen molar-refractivity contribution >= 4 is 5.91 Å². The van der Waals surface area contributed by atoms with Gasteiger partial charge in [-0.25, -0.2) is 13.8 Å². The predicted octanol–water partition coefficient (Wildman–Crippen LogP) is 2.80. The summed E-state index contributed by atoms with van der Waals surface area (Å²) in [4.78, 5) is 16.3. The van der Waals surface area contributed by atoms with Gasteiger partial charge in [0.2, 0.25) is 0 Å². The molecule has 0 spiro atoms. The number of hydrogen-bond acceptors (Lipinski definition) is 2. The Morgan fingerprint density at radius 3 is 2.22 bits per heavy atom. The van der Waals surface area contributed by atoms with Crippen LogP contribution in [0.2, 0.25) is 0 Å². The Hall–Kier alpha value is -1.49. The van der Waals surface area contributed by atoms with Crippen molar-refractivity contribution in [2.75, 3.05) is 14.2 Å². The van der Waals surface area contributed by atoms with E-state index in [0.29, 0.717) is 12.0 Å². The predicted molar refractivity (Wildman–Crippen MR) is 64.0 cm³/mol. The number of hydroxylamine groups is 2. The summed E-state index contributed by atoms with van der Waals surface area (Å²) < 4.78 is 27.5. The standard InChI is InChI=1S/C13H17F2NO2/c1-8(2)5-9-6-10(14)12(11(15)7-9)13(17)16(3)18-4/h6-8H,5H2,1-4H3. The van der Waals surface area contributed by atoms with Crippen molar-refractivity contribution in [3.63, 3.8) is 0 Å². The van der Waals surface area contributed by atoms with Crippen LogP contribution in [0.4, 0.5) is 8.78 Å². The summed E-state index contributed by atoms with van der Waals surface area (Å²) in [6.07, 6.45) is 0.558. The highest BCUT2D eigenvalue weighted by molar-refractivity contribution is 5.94. The molecule has 0 aliphatic rings. The van der Waals surface area contributed by atoms with Gasteiger partial charge in [-0.1, -0.05) is 13.8 Å². The maximum absolute atomic E-state index is 13.8. The first-order valence-corrected chi connectivity index (χ1v) is 5.66. The summed E-state index contributed by atoms with van der Waals surface area (Å²) >= 11 is 0. The van der Waals surface area contributed by atoms with E-state index in [1.807, 2.05) is 13.8 Å². The Morgan fingerprint density at radius 2 is 1.83 bits per heavy atom. The molecule has 0 aliphatic carbocycles. The first-order valence-electron chi connectivity index (χ1n) is 5.66. The van der Waals surface area contributed by atoms with Crippen LogP contribution in [0.25, 0.3) is 0 Å². The molecule has 0 radical (unpaired) electrons. The molecule has 1 rings (SSSR count). The van der Waals surface area contributed by atoms with E-state index >= 15 is 0 Å². The van der Waals surface area contributed by atoms with Crippen LogP contribution in [0.1, 0.15) is 29.8 Å².